The summed E-state index contributed by atoms with van der Waals surface area (Å²) in [4.78, 5) is 34.8. The van der Waals surface area contributed by atoms with Gasteiger partial charge < -0.3 is 15.7 Å². The molecular weight excluding hydrogens is 272 g/mol. The van der Waals surface area contributed by atoms with Crippen LogP contribution in [0.15, 0.2) is 0 Å². The minimum Gasteiger partial charge on any atom is -0.480 e. The third-order valence-corrected chi connectivity index (χ3v) is 2.78. The lowest BCUT2D eigenvalue weighted by Crippen LogP contribution is -2.51. The predicted octanol–water partition coefficient (Wildman–Crippen LogP) is 1.54. The van der Waals surface area contributed by atoms with E-state index >= 15 is 0 Å². The van der Waals surface area contributed by atoms with E-state index in [9.17, 15) is 14.4 Å². The Kier molecular flexibility index (Phi) is 7.39. The Balaban J connectivity index is 4.49. The van der Waals surface area contributed by atoms with Crippen molar-refractivity contribution in [2.45, 2.75) is 66.5 Å². The number of carbonyl (C=O) groups is 3. The van der Waals surface area contributed by atoms with Crippen molar-refractivity contribution in [1.29, 1.82) is 0 Å². The summed E-state index contributed by atoms with van der Waals surface area (Å²) in [5.41, 5.74) is -0.165. The Hall–Kier alpha value is -1.59. The first-order chi connectivity index (χ1) is 9.42. The van der Waals surface area contributed by atoms with E-state index < -0.39 is 24.0 Å². The van der Waals surface area contributed by atoms with Gasteiger partial charge in [0.25, 0.3) is 0 Å². The summed E-state index contributed by atoms with van der Waals surface area (Å²) in [5, 5.41) is 14.1. The molecule has 2 atom stereocenters. The smallest absolute Gasteiger partial charge is 0.326 e. The summed E-state index contributed by atoms with van der Waals surface area (Å²) >= 11 is 0. The number of rotatable bonds is 7. The van der Waals surface area contributed by atoms with E-state index in [1.807, 2.05) is 34.6 Å². The van der Waals surface area contributed by atoms with Crippen LogP contribution >= 0.6 is 0 Å². The second-order valence-corrected chi connectivity index (χ2v) is 7.06. The highest BCUT2D eigenvalue weighted by atomic mass is 16.4. The van der Waals surface area contributed by atoms with E-state index in [1.165, 1.54) is 0 Å². The number of carbonyl (C=O) groups excluding carboxylic acids is 2. The molecule has 0 aliphatic heterocycles. The molecule has 0 bridgehead atoms. The molecular formula is C15H28N2O4. The van der Waals surface area contributed by atoms with Crippen molar-refractivity contribution in [3.05, 3.63) is 0 Å². The maximum absolute atomic E-state index is 12.0. The summed E-state index contributed by atoms with van der Waals surface area (Å²) in [6.07, 6.45) is 0.655. The molecule has 21 heavy (non-hydrogen) atoms. The number of amides is 2. The molecule has 0 saturated carbocycles. The largest absolute Gasteiger partial charge is 0.480 e. The monoisotopic (exact) mass is 300 g/mol. The van der Waals surface area contributed by atoms with Crippen molar-refractivity contribution in [2.75, 3.05) is 0 Å². The minimum absolute atomic E-state index is 0.150. The Morgan fingerprint density at radius 2 is 1.57 bits per heavy atom. The summed E-state index contributed by atoms with van der Waals surface area (Å²) in [6.45, 7) is 11.1. The molecule has 6 heteroatoms. The molecule has 0 spiro atoms. The van der Waals surface area contributed by atoms with Crippen molar-refractivity contribution >= 4 is 17.8 Å². The quantitative estimate of drug-likeness (QED) is 0.664. The van der Waals surface area contributed by atoms with Gasteiger partial charge in [0.2, 0.25) is 11.8 Å². The standard InChI is InChI=1S/C15H28N2O4/c1-9(2)7-11(14(20)21)17-13(19)10(3)16-12(18)8-15(4,5)6/h9-11H,7-8H2,1-6H3,(H,16,18)(H,17,19)(H,20,21)/t10?,11-/m1/s1. The second-order valence-electron chi connectivity index (χ2n) is 7.06. The molecule has 6 nitrogen and oxygen atoms in total. The van der Waals surface area contributed by atoms with E-state index in [0.29, 0.717) is 12.8 Å². The van der Waals surface area contributed by atoms with Crippen LogP contribution < -0.4 is 10.6 Å². The Bertz CT molecular complexity index is 386. The first-order valence-corrected chi connectivity index (χ1v) is 7.25. The first-order valence-electron chi connectivity index (χ1n) is 7.25. The molecule has 0 aliphatic carbocycles. The van der Waals surface area contributed by atoms with Gasteiger partial charge in [-0.15, -0.1) is 0 Å². The van der Waals surface area contributed by atoms with Gasteiger partial charge in [0.15, 0.2) is 0 Å². The van der Waals surface area contributed by atoms with Crippen molar-refractivity contribution < 1.29 is 19.5 Å². The van der Waals surface area contributed by atoms with E-state index in [4.69, 9.17) is 5.11 Å². The molecule has 0 heterocycles. The lowest BCUT2D eigenvalue weighted by atomic mass is 9.92. The van der Waals surface area contributed by atoms with Gasteiger partial charge in [0.1, 0.15) is 12.1 Å². The Labute approximate surface area is 126 Å². The molecule has 1 unspecified atom stereocenters. The topological polar surface area (TPSA) is 95.5 Å². The van der Waals surface area contributed by atoms with Gasteiger partial charge in [0, 0.05) is 6.42 Å². The summed E-state index contributed by atoms with van der Waals surface area (Å²) < 4.78 is 0. The highest BCUT2D eigenvalue weighted by Crippen LogP contribution is 2.17. The Morgan fingerprint density at radius 1 is 1.05 bits per heavy atom. The molecule has 0 fully saturated rings. The zero-order chi connectivity index (χ0) is 16.8. The van der Waals surface area contributed by atoms with E-state index in [1.54, 1.807) is 6.92 Å². The van der Waals surface area contributed by atoms with Gasteiger partial charge >= 0.3 is 5.97 Å². The molecule has 2 amide bonds. The number of hydrogen-bond acceptors (Lipinski definition) is 3. The number of aliphatic carboxylic acids is 1. The normalized spacial score (nSPS) is 14.4. The Morgan fingerprint density at radius 3 is 1.95 bits per heavy atom. The van der Waals surface area contributed by atoms with Crippen LogP contribution in [0.5, 0.6) is 0 Å². The highest BCUT2D eigenvalue weighted by Gasteiger charge is 2.25. The van der Waals surface area contributed by atoms with Crippen LogP contribution in [0.3, 0.4) is 0 Å². The van der Waals surface area contributed by atoms with E-state index in [2.05, 4.69) is 10.6 Å². The fraction of sp³-hybridized carbons (Fsp3) is 0.800. The van der Waals surface area contributed by atoms with Crippen molar-refractivity contribution in [1.82, 2.24) is 10.6 Å². The van der Waals surface area contributed by atoms with Gasteiger partial charge in [0.05, 0.1) is 0 Å². The molecule has 0 aromatic rings. The predicted molar refractivity (Wildman–Crippen MR) is 80.7 cm³/mol. The van der Waals surface area contributed by atoms with Crippen LogP contribution in [0, 0.1) is 11.3 Å². The highest BCUT2D eigenvalue weighted by molar-refractivity contribution is 5.90. The van der Waals surface area contributed by atoms with Crippen LogP contribution in [0.1, 0.15) is 54.4 Å². The second kappa shape index (κ2) is 8.00. The summed E-state index contributed by atoms with van der Waals surface area (Å²) in [7, 11) is 0. The lowest BCUT2D eigenvalue weighted by Gasteiger charge is -2.22. The van der Waals surface area contributed by atoms with Crippen LogP contribution in [0.4, 0.5) is 0 Å². The van der Waals surface area contributed by atoms with Gasteiger partial charge in [-0.2, -0.15) is 0 Å². The molecule has 0 aromatic carbocycles. The number of nitrogens with one attached hydrogen (secondary N) is 2. The summed E-state index contributed by atoms with van der Waals surface area (Å²) in [6, 6.07) is -1.69. The molecule has 0 aromatic heterocycles. The van der Waals surface area contributed by atoms with Crippen molar-refractivity contribution in [3.8, 4) is 0 Å². The third kappa shape index (κ3) is 9.05. The fourth-order valence-corrected chi connectivity index (χ4v) is 1.83. The average Bonchev–Trinajstić information content (AvgIpc) is 2.24. The van der Waals surface area contributed by atoms with Crippen LogP contribution in [-0.4, -0.2) is 35.0 Å². The fourth-order valence-electron chi connectivity index (χ4n) is 1.83. The van der Waals surface area contributed by atoms with Crippen molar-refractivity contribution in [2.24, 2.45) is 11.3 Å². The molecule has 0 aliphatic rings. The van der Waals surface area contributed by atoms with Crippen LogP contribution in [-0.2, 0) is 14.4 Å². The van der Waals surface area contributed by atoms with Gasteiger partial charge in [-0.05, 0) is 24.7 Å². The number of carboxylic acids is 1. The molecule has 3 N–H and O–H groups in total. The third-order valence-electron chi connectivity index (χ3n) is 2.78. The first kappa shape index (κ1) is 19.4. The van der Waals surface area contributed by atoms with Gasteiger partial charge in [-0.3, -0.25) is 9.59 Å². The SMILES string of the molecule is CC(C)C[C@@H](NC(=O)C(C)NC(=O)CC(C)(C)C)C(=O)O. The van der Waals surface area contributed by atoms with E-state index in [0.717, 1.165) is 0 Å². The summed E-state index contributed by atoms with van der Waals surface area (Å²) in [5.74, 6) is -1.62. The zero-order valence-electron chi connectivity index (χ0n) is 13.8. The van der Waals surface area contributed by atoms with Crippen molar-refractivity contribution in [3.63, 3.8) is 0 Å². The maximum atomic E-state index is 12.0. The number of hydrogen-bond donors (Lipinski definition) is 3. The molecule has 0 saturated heterocycles. The zero-order valence-corrected chi connectivity index (χ0v) is 13.8. The van der Waals surface area contributed by atoms with Crippen LogP contribution in [0.2, 0.25) is 0 Å². The number of carboxylic acid groups (broad SMARTS) is 1. The minimum atomic E-state index is -1.06. The maximum Gasteiger partial charge on any atom is 0.326 e. The molecule has 0 radical (unpaired) electrons. The molecule has 0 rings (SSSR count). The van der Waals surface area contributed by atoms with Gasteiger partial charge in [-0.1, -0.05) is 34.6 Å². The van der Waals surface area contributed by atoms with E-state index in [-0.39, 0.29) is 17.2 Å². The van der Waals surface area contributed by atoms with Gasteiger partial charge in [-0.25, -0.2) is 4.79 Å². The lowest BCUT2D eigenvalue weighted by molar-refractivity contribution is -0.142. The van der Waals surface area contributed by atoms with Crippen LogP contribution in [0.25, 0.3) is 0 Å². The molecule has 122 valence electrons. The average molecular weight is 300 g/mol.